The second-order valence-corrected chi connectivity index (χ2v) is 6.19. The van der Waals surface area contributed by atoms with Crippen LogP contribution in [-0.4, -0.2) is 23.2 Å². The first-order valence-corrected chi connectivity index (χ1v) is 8.60. The van der Waals surface area contributed by atoms with Crippen molar-refractivity contribution < 1.29 is 32.0 Å². The summed E-state index contributed by atoms with van der Waals surface area (Å²) >= 11 is 0. The number of aromatic nitrogens is 2. The molecule has 2 aromatic carbocycles. The SMILES string of the molecule is COc1ccc(CC(=O)OC(C)c2nc(-c3cccc(C(F)(F)F)c3)no2)cc1. The Hall–Kier alpha value is -3.36. The lowest BCUT2D eigenvalue weighted by Crippen LogP contribution is -2.11. The molecule has 0 saturated heterocycles. The van der Waals surface area contributed by atoms with Crippen molar-refractivity contribution in [3.05, 3.63) is 65.5 Å². The molecule has 6 nitrogen and oxygen atoms in total. The highest BCUT2D eigenvalue weighted by molar-refractivity contribution is 5.72. The van der Waals surface area contributed by atoms with E-state index < -0.39 is 23.8 Å². The van der Waals surface area contributed by atoms with Gasteiger partial charge in [-0.2, -0.15) is 18.2 Å². The van der Waals surface area contributed by atoms with Gasteiger partial charge in [0.2, 0.25) is 5.82 Å². The fourth-order valence-electron chi connectivity index (χ4n) is 2.55. The summed E-state index contributed by atoms with van der Waals surface area (Å²) in [4.78, 5) is 16.2. The van der Waals surface area contributed by atoms with E-state index in [1.165, 1.54) is 19.1 Å². The first kappa shape index (κ1) is 20.4. The zero-order chi connectivity index (χ0) is 21.0. The molecule has 1 aromatic heterocycles. The summed E-state index contributed by atoms with van der Waals surface area (Å²) in [5, 5.41) is 3.68. The predicted molar refractivity (Wildman–Crippen MR) is 95.9 cm³/mol. The van der Waals surface area contributed by atoms with E-state index in [-0.39, 0.29) is 23.7 Å². The molecule has 9 heteroatoms. The number of methoxy groups -OCH3 is 1. The van der Waals surface area contributed by atoms with Gasteiger partial charge in [-0.3, -0.25) is 4.79 Å². The van der Waals surface area contributed by atoms with E-state index in [2.05, 4.69) is 10.1 Å². The zero-order valence-corrected chi connectivity index (χ0v) is 15.6. The van der Waals surface area contributed by atoms with E-state index >= 15 is 0 Å². The minimum absolute atomic E-state index is 0.0134. The molecule has 0 radical (unpaired) electrons. The average molecular weight is 406 g/mol. The summed E-state index contributed by atoms with van der Waals surface area (Å²) in [6, 6.07) is 11.5. The van der Waals surface area contributed by atoms with Crippen molar-refractivity contribution in [2.75, 3.05) is 7.11 Å². The van der Waals surface area contributed by atoms with Crippen molar-refractivity contribution in [1.82, 2.24) is 10.1 Å². The van der Waals surface area contributed by atoms with Crippen molar-refractivity contribution in [2.45, 2.75) is 25.6 Å². The smallest absolute Gasteiger partial charge is 0.416 e. The van der Waals surface area contributed by atoms with Gasteiger partial charge in [0.05, 0.1) is 19.1 Å². The topological polar surface area (TPSA) is 74.5 Å². The summed E-state index contributed by atoms with van der Waals surface area (Å²) < 4.78 is 53.9. The Morgan fingerprint density at radius 3 is 2.55 bits per heavy atom. The summed E-state index contributed by atoms with van der Waals surface area (Å²) in [6.45, 7) is 1.54. The van der Waals surface area contributed by atoms with Gasteiger partial charge >= 0.3 is 12.1 Å². The van der Waals surface area contributed by atoms with E-state index in [0.29, 0.717) is 5.75 Å². The summed E-state index contributed by atoms with van der Waals surface area (Å²) in [5.41, 5.74) is 0.0603. The number of rotatable bonds is 6. The third-order valence-electron chi connectivity index (χ3n) is 4.05. The Morgan fingerprint density at radius 2 is 1.90 bits per heavy atom. The van der Waals surface area contributed by atoms with Crippen LogP contribution in [0.3, 0.4) is 0 Å². The molecule has 1 unspecified atom stereocenters. The number of halogens is 3. The molecule has 152 valence electrons. The lowest BCUT2D eigenvalue weighted by molar-refractivity contribution is -0.149. The molecule has 0 fully saturated rings. The first-order valence-electron chi connectivity index (χ1n) is 8.60. The van der Waals surface area contributed by atoms with E-state index in [1.807, 2.05) is 0 Å². The van der Waals surface area contributed by atoms with Crippen LogP contribution in [0.1, 0.15) is 30.0 Å². The predicted octanol–water partition coefficient (Wildman–Crippen LogP) is 4.61. The number of nitrogens with zero attached hydrogens (tertiary/aromatic N) is 2. The Kier molecular flexibility index (Phi) is 5.86. The van der Waals surface area contributed by atoms with Crippen LogP contribution in [0.15, 0.2) is 53.1 Å². The van der Waals surface area contributed by atoms with E-state index in [4.69, 9.17) is 14.0 Å². The van der Waals surface area contributed by atoms with E-state index in [1.54, 1.807) is 31.4 Å². The molecule has 0 aliphatic rings. The van der Waals surface area contributed by atoms with Gasteiger partial charge in [0.15, 0.2) is 6.10 Å². The minimum Gasteiger partial charge on any atom is -0.497 e. The molecule has 1 heterocycles. The number of carbonyl (C=O) groups is 1. The van der Waals surface area contributed by atoms with Crippen molar-refractivity contribution >= 4 is 5.97 Å². The maximum Gasteiger partial charge on any atom is 0.416 e. The fraction of sp³-hybridized carbons (Fsp3) is 0.250. The van der Waals surface area contributed by atoms with Gasteiger partial charge in [0, 0.05) is 5.56 Å². The standard InChI is InChI=1S/C20H17F3N2O4/c1-12(28-17(26)10-13-6-8-16(27-2)9-7-13)19-24-18(25-29-19)14-4-3-5-15(11-14)20(21,22)23/h3-9,11-12H,10H2,1-2H3. The molecule has 0 amide bonds. The Balaban J connectivity index is 1.66. The Labute approximate surface area is 164 Å². The normalized spacial score (nSPS) is 12.4. The van der Waals surface area contributed by atoms with Gasteiger partial charge in [-0.15, -0.1) is 0 Å². The van der Waals surface area contributed by atoms with Crippen LogP contribution >= 0.6 is 0 Å². The molecule has 0 aliphatic heterocycles. The summed E-state index contributed by atoms with van der Waals surface area (Å²) in [5.74, 6) is 0.120. The number of benzene rings is 2. The van der Waals surface area contributed by atoms with E-state index in [0.717, 1.165) is 17.7 Å². The van der Waals surface area contributed by atoms with Crippen molar-refractivity contribution in [3.8, 4) is 17.1 Å². The van der Waals surface area contributed by atoms with Gasteiger partial charge in [0.25, 0.3) is 5.89 Å². The maximum atomic E-state index is 12.9. The van der Waals surface area contributed by atoms with Crippen LogP contribution in [0.2, 0.25) is 0 Å². The van der Waals surface area contributed by atoms with Gasteiger partial charge < -0.3 is 14.0 Å². The van der Waals surface area contributed by atoms with Gasteiger partial charge in [-0.1, -0.05) is 29.4 Å². The van der Waals surface area contributed by atoms with Gasteiger partial charge in [0.1, 0.15) is 5.75 Å². The van der Waals surface area contributed by atoms with Crippen LogP contribution < -0.4 is 4.74 Å². The van der Waals surface area contributed by atoms with Crippen LogP contribution in [0.4, 0.5) is 13.2 Å². The molecule has 3 rings (SSSR count). The number of ether oxygens (including phenoxy) is 2. The van der Waals surface area contributed by atoms with Crippen LogP contribution in [0.25, 0.3) is 11.4 Å². The Morgan fingerprint density at radius 1 is 1.17 bits per heavy atom. The molecule has 0 bridgehead atoms. The van der Waals surface area contributed by atoms with Crippen molar-refractivity contribution in [3.63, 3.8) is 0 Å². The molecule has 29 heavy (non-hydrogen) atoms. The molecule has 0 saturated carbocycles. The number of hydrogen-bond donors (Lipinski definition) is 0. The zero-order valence-electron chi connectivity index (χ0n) is 15.6. The Bertz CT molecular complexity index is 984. The third kappa shape index (κ3) is 5.13. The third-order valence-corrected chi connectivity index (χ3v) is 4.05. The van der Waals surface area contributed by atoms with Crippen molar-refractivity contribution in [1.29, 1.82) is 0 Å². The molecular formula is C20H17F3N2O4. The highest BCUT2D eigenvalue weighted by atomic mass is 19.4. The number of esters is 1. The lowest BCUT2D eigenvalue weighted by atomic mass is 10.1. The summed E-state index contributed by atoms with van der Waals surface area (Å²) in [7, 11) is 1.54. The van der Waals surface area contributed by atoms with Crippen LogP contribution in [-0.2, 0) is 22.1 Å². The number of carbonyl (C=O) groups excluding carboxylic acids is 1. The first-order chi connectivity index (χ1) is 13.8. The van der Waals surface area contributed by atoms with E-state index in [9.17, 15) is 18.0 Å². The van der Waals surface area contributed by atoms with Gasteiger partial charge in [-0.05, 0) is 36.8 Å². The molecule has 3 aromatic rings. The highest BCUT2D eigenvalue weighted by Crippen LogP contribution is 2.31. The largest absolute Gasteiger partial charge is 0.497 e. The van der Waals surface area contributed by atoms with Crippen LogP contribution in [0, 0.1) is 0 Å². The molecule has 0 spiro atoms. The second-order valence-electron chi connectivity index (χ2n) is 6.19. The highest BCUT2D eigenvalue weighted by Gasteiger charge is 2.31. The number of alkyl halides is 3. The molecule has 0 aliphatic carbocycles. The quantitative estimate of drug-likeness (QED) is 0.557. The monoisotopic (exact) mass is 406 g/mol. The molecular weight excluding hydrogens is 389 g/mol. The van der Waals surface area contributed by atoms with Crippen molar-refractivity contribution in [2.24, 2.45) is 0 Å². The summed E-state index contributed by atoms with van der Waals surface area (Å²) in [6.07, 6.45) is -5.30. The second kappa shape index (κ2) is 8.34. The average Bonchev–Trinajstić information content (AvgIpc) is 3.18. The number of hydrogen-bond acceptors (Lipinski definition) is 6. The van der Waals surface area contributed by atoms with Crippen LogP contribution in [0.5, 0.6) is 5.75 Å². The molecule has 1 atom stereocenters. The maximum absolute atomic E-state index is 12.9. The lowest BCUT2D eigenvalue weighted by Gasteiger charge is -2.09. The minimum atomic E-state index is -4.48. The fourth-order valence-corrected chi connectivity index (χ4v) is 2.55. The molecule has 0 N–H and O–H groups in total. The van der Waals surface area contributed by atoms with Gasteiger partial charge in [-0.25, -0.2) is 0 Å².